The first kappa shape index (κ1) is 13.5. The highest BCUT2D eigenvalue weighted by Crippen LogP contribution is 2.28. The number of carbonyl (C=O) groups excluding carboxylic acids is 1. The van der Waals surface area contributed by atoms with Crippen molar-refractivity contribution >= 4 is 17.3 Å². The van der Waals surface area contributed by atoms with Crippen molar-refractivity contribution in [2.75, 3.05) is 43.9 Å². The second-order valence-corrected chi connectivity index (χ2v) is 4.65. The minimum Gasteiger partial charge on any atom is -0.495 e. The molecule has 1 fully saturated rings. The van der Waals surface area contributed by atoms with E-state index in [1.54, 1.807) is 7.11 Å². The summed E-state index contributed by atoms with van der Waals surface area (Å²) >= 11 is 0. The molecular weight excluding hydrogens is 242 g/mol. The van der Waals surface area contributed by atoms with Gasteiger partial charge in [0.05, 0.1) is 12.8 Å². The van der Waals surface area contributed by atoms with Crippen molar-refractivity contribution in [3.63, 3.8) is 0 Å². The summed E-state index contributed by atoms with van der Waals surface area (Å²) in [5, 5.41) is 0. The maximum atomic E-state index is 11.6. The van der Waals surface area contributed by atoms with Crippen LogP contribution < -0.4 is 15.4 Å². The van der Waals surface area contributed by atoms with Gasteiger partial charge in [0.2, 0.25) is 5.91 Å². The van der Waals surface area contributed by atoms with E-state index < -0.39 is 0 Å². The van der Waals surface area contributed by atoms with Gasteiger partial charge in [-0.15, -0.1) is 0 Å². The van der Waals surface area contributed by atoms with Crippen LogP contribution in [-0.2, 0) is 4.79 Å². The zero-order valence-electron chi connectivity index (χ0n) is 11.6. The summed E-state index contributed by atoms with van der Waals surface area (Å²) in [6.07, 6.45) is 0.579. The minimum absolute atomic E-state index is 0.231. The fraction of sp³-hybridized carbons (Fsp3) is 0.500. The van der Waals surface area contributed by atoms with Gasteiger partial charge in [0.25, 0.3) is 0 Å². The number of nitrogen functional groups attached to an aromatic ring is 1. The summed E-state index contributed by atoms with van der Waals surface area (Å²) in [6.45, 7) is 5.15. The van der Waals surface area contributed by atoms with Gasteiger partial charge in [-0.05, 0) is 12.1 Å². The number of carbonyl (C=O) groups is 1. The zero-order chi connectivity index (χ0) is 13.8. The topological polar surface area (TPSA) is 58.8 Å². The summed E-state index contributed by atoms with van der Waals surface area (Å²) in [6, 6.07) is 5.81. The van der Waals surface area contributed by atoms with E-state index in [4.69, 9.17) is 10.5 Å². The maximum Gasteiger partial charge on any atom is 0.222 e. The number of piperazine rings is 1. The maximum absolute atomic E-state index is 11.6. The van der Waals surface area contributed by atoms with Crippen LogP contribution in [0.4, 0.5) is 11.4 Å². The van der Waals surface area contributed by atoms with Gasteiger partial charge in [0.1, 0.15) is 5.75 Å². The van der Waals surface area contributed by atoms with Gasteiger partial charge in [-0.2, -0.15) is 0 Å². The number of anilines is 2. The summed E-state index contributed by atoms with van der Waals surface area (Å²) in [5.74, 6) is 0.930. The Hall–Kier alpha value is -1.91. The van der Waals surface area contributed by atoms with Gasteiger partial charge >= 0.3 is 0 Å². The van der Waals surface area contributed by atoms with Gasteiger partial charge in [-0.3, -0.25) is 4.79 Å². The number of nitrogens with two attached hydrogens (primary N) is 1. The SMILES string of the molecule is CCC(=O)N1CCN(c2ccc(N)c(OC)c2)CC1. The monoisotopic (exact) mass is 263 g/mol. The molecule has 0 saturated carbocycles. The molecule has 0 aliphatic carbocycles. The molecule has 0 spiro atoms. The molecule has 5 nitrogen and oxygen atoms in total. The lowest BCUT2D eigenvalue weighted by Crippen LogP contribution is -2.48. The van der Waals surface area contributed by atoms with Gasteiger partial charge in [-0.1, -0.05) is 6.92 Å². The predicted octanol–water partition coefficient (Wildman–Crippen LogP) is 1.34. The number of amides is 1. The Bertz CT molecular complexity index is 454. The van der Waals surface area contributed by atoms with E-state index >= 15 is 0 Å². The first-order valence-corrected chi connectivity index (χ1v) is 6.62. The molecule has 1 amide bonds. The number of rotatable bonds is 3. The second-order valence-electron chi connectivity index (χ2n) is 4.65. The number of methoxy groups -OCH3 is 1. The number of hydrogen-bond acceptors (Lipinski definition) is 4. The van der Waals surface area contributed by atoms with Crippen molar-refractivity contribution in [1.29, 1.82) is 0 Å². The molecule has 19 heavy (non-hydrogen) atoms. The second kappa shape index (κ2) is 5.82. The average Bonchev–Trinajstić information content (AvgIpc) is 2.47. The zero-order valence-corrected chi connectivity index (χ0v) is 11.6. The van der Waals surface area contributed by atoms with Crippen LogP contribution in [0.5, 0.6) is 5.75 Å². The van der Waals surface area contributed by atoms with Crippen LogP contribution in [0.3, 0.4) is 0 Å². The quantitative estimate of drug-likeness (QED) is 0.836. The third-order valence-electron chi connectivity index (χ3n) is 3.52. The van der Waals surface area contributed by atoms with Gasteiger partial charge in [0.15, 0.2) is 0 Å². The largest absolute Gasteiger partial charge is 0.495 e. The molecular formula is C14H21N3O2. The summed E-state index contributed by atoms with van der Waals surface area (Å²) in [7, 11) is 1.62. The fourth-order valence-corrected chi connectivity index (χ4v) is 2.33. The summed E-state index contributed by atoms with van der Waals surface area (Å²) < 4.78 is 5.24. The third kappa shape index (κ3) is 2.92. The van der Waals surface area contributed by atoms with Gasteiger partial charge in [-0.25, -0.2) is 0 Å². The van der Waals surface area contributed by atoms with E-state index in [1.807, 2.05) is 30.0 Å². The lowest BCUT2D eigenvalue weighted by Gasteiger charge is -2.36. The lowest BCUT2D eigenvalue weighted by molar-refractivity contribution is -0.131. The van der Waals surface area contributed by atoms with E-state index in [0.717, 1.165) is 31.9 Å². The molecule has 1 aromatic rings. The van der Waals surface area contributed by atoms with Crippen LogP contribution in [0.15, 0.2) is 18.2 Å². The van der Waals surface area contributed by atoms with Gasteiger partial charge < -0.3 is 20.3 Å². The highest BCUT2D eigenvalue weighted by molar-refractivity contribution is 5.76. The summed E-state index contributed by atoms with van der Waals surface area (Å²) in [4.78, 5) is 15.8. The average molecular weight is 263 g/mol. The van der Waals surface area contributed by atoms with Crippen LogP contribution >= 0.6 is 0 Å². The standard InChI is InChI=1S/C14H21N3O2/c1-3-14(18)17-8-6-16(7-9-17)11-4-5-12(15)13(10-11)19-2/h4-5,10H,3,6-9,15H2,1-2H3. The van der Waals surface area contributed by atoms with Gasteiger partial charge in [0, 0.05) is 44.4 Å². The molecule has 1 heterocycles. The normalized spacial score (nSPS) is 15.5. The van der Waals surface area contributed by atoms with Crippen LogP contribution in [0.2, 0.25) is 0 Å². The highest BCUT2D eigenvalue weighted by Gasteiger charge is 2.20. The molecule has 0 unspecified atom stereocenters. The van der Waals surface area contributed by atoms with E-state index in [9.17, 15) is 4.79 Å². The van der Waals surface area contributed by atoms with Crippen molar-refractivity contribution in [2.45, 2.75) is 13.3 Å². The van der Waals surface area contributed by atoms with Crippen molar-refractivity contribution in [1.82, 2.24) is 4.90 Å². The highest BCUT2D eigenvalue weighted by atomic mass is 16.5. The summed E-state index contributed by atoms with van der Waals surface area (Å²) in [5.41, 5.74) is 7.55. The van der Waals surface area contributed by atoms with E-state index in [-0.39, 0.29) is 5.91 Å². The molecule has 0 radical (unpaired) electrons. The Balaban J connectivity index is 2.03. The molecule has 1 aliphatic heterocycles. The molecule has 0 bridgehead atoms. The van der Waals surface area contributed by atoms with E-state index in [2.05, 4.69) is 4.90 Å². The lowest BCUT2D eigenvalue weighted by atomic mass is 10.2. The molecule has 5 heteroatoms. The molecule has 0 atom stereocenters. The van der Waals surface area contributed by atoms with Crippen LogP contribution in [0.1, 0.15) is 13.3 Å². The molecule has 1 saturated heterocycles. The molecule has 2 N–H and O–H groups in total. The van der Waals surface area contributed by atoms with Crippen LogP contribution in [-0.4, -0.2) is 44.1 Å². The number of ether oxygens (including phenoxy) is 1. The Morgan fingerprint density at radius 3 is 2.58 bits per heavy atom. The predicted molar refractivity (Wildman–Crippen MR) is 76.5 cm³/mol. The molecule has 2 rings (SSSR count). The van der Waals surface area contributed by atoms with E-state index in [1.165, 1.54) is 0 Å². The Morgan fingerprint density at radius 1 is 1.32 bits per heavy atom. The number of hydrogen-bond donors (Lipinski definition) is 1. The third-order valence-corrected chi connectivity index (χ3v) is 3.52. The first-order valence-electron chi connectivity index (χ1n) is 6.62. The Labute approximate surface area is 113 Å². The fourth-order valence-electron chi connectivity index (χ4n) is 2.33. The van der Waals surface area contributed by atoms with Crippen molar-refractivity contribution in [3.8, 4) is 5.75 Å². The Kier molecular flexibility index (Phi) is 4.14. The minimum atomic E-state index is 0.231. The van der Waals surface area contributed by atoms with Crippen molar-refractivity contribution in [2.24, 2.45) is 0 Å². The molecule has 1 aromatic carbocycles. The van der Waals surface area contributed by atoms with Crippen LogP contribution in [0, 0.1) is 0 Å². The molecule has 104 valence electrons. The van der Waals surface area contributed by atoms with E-state index in [0.29, 0.717) is 17.9 Å². The smallest absolute Gasteiger partial charge is 0.222 e. The first-order chi connectivity index (χ1) is 9.15. The Morgan fingerprint density at radius 2 is 2.00 bits per heavy atom. The van der Waals surface area contributed by atoms with Crippen LogP contribution in [0.25, 0.3) is 0 Å². The van der Waals surface area contributed by atoms with Crippen molar-refractivity contribution in [3.05, 3.63) is 18.2 Å². The number of nitrogens with zero attached hydrogens (tertiary/aromatic N) is 2. The molecule has 1 aliphatic rings. The molecule has 0 aromatic heterocycles. The van der Waals surface area contributed by atoms with Crippen molar-refractivity contribution < 1.29 is 9.53 Å². The number of benzene rings is 1.